The van der Waals surface area contributed by atoms with Crippen molar-refractivity contribution in [1.82, 2.24) is 10.2 Å². The summed E-state index contributed by atoms with van der Waals surface area (Å²) in [7, 11) is 1.87. The Morgan fingerprint density at radius 2 is 1.79 bits per heavy atom. The lowest BCUT2D eigenvalue weighted by Crippen LogP contribution is -2.42. The van der Waals surface area contributed by atoms with Crippen molar-refractivity contribution in [3.8, 4) is 0 Å². The number of rotatable bonds is 7. The number of likely N-dealkylation sites (N-methyl/N-ethyl adjacent to an activating group) is 1. The van der Waals surface area contributed by atoms with Crippen LogP contribution in [0.4, 0.5) is 4.39 Å². The van der Waals surface area contributed by atoms with Gasteiger partial charge in [-0.1, -0.05) is 42.5 Å². The van der Waals surface area contributed by atoms with E-state index in [0.717, 1.165) is 5.56 Å². The van der Waals surface area contributed by atoms with Gasteiger partial charge in [-0.15, -0.1) is 0 Å². The van der Waals surface area contributed by atoms with E-state index in [1.54, 1.807) is 6.92 Å². The Kier molecular flexibility index (Phi) is 6.46. The zero-order valence-corrected chi connectivity index (χ0v) is 13.9. The van der Waals surface area contributed by atoms with Crippen LogP contribution in [-0.2, 0) is 11.3 Å². The zero-order valence-electron chi connectivity index (χ0n) is 13.9. The van der Waals surface area contributed by atoms with Gasteiger partial charge in [-0.25, -0.2) is 4.39 Å². The van der Waals surface area contributed by atoms with E-state index in [-0.39, 0.29) is 18.3 Å². The summed E-state index contributed by atoms with van der Waals surface area (Å²) in [6.45, 7) is 2.63. The van der Waals surface area contributed by atoms with Gasteiger partial charge in [-0.2, -0.15) is 0 Å². The second kappa shape index (κ2) is 8.57. The molecule has 2 atom stereocenters. The molecule has 0 aliphatic rings. The molecule has 0 aromatic heterocycles. The minimum atomic E-state index is -0.881. The van der Waals surface area contributed by atoms with Crippen LogP contribution in [0.2, 0.25) is 0 Å². The van der Waals surface area contributed by atoms with Gasteiger partial charge in [0.05, 0.1) is 18.7 Å². The fourth-order valence-electron chi connectivity index (χ4n) is 2.52. The number of aliphatic hydroxyl groups is 1. The van der Waals surface area contributed by atoms with Crippen LogP contribution < -0.4 is 5.32 Å². The first-order chi connectivity index (χ1) is 11.5. The lowest BCUT2D eigenvalue weighted by molar-refractivity contribution is -0.123. The molecule has 2 aromatic rings. The molecule has 4 nitrogen and oxygen atoms in total. The van der Waals surface area contributed by atoms with Gasteiger partial charge in [-0.3, -0.25) is 9.69 Å². The van der Waals surface area contributed by atoms with Crippen LogP contribution in [0, 0.1) is 5.82 Å². The highest BCUT2D eigenvalue weighted by Crippen LogP contribution is 2.17. The molecule has 2 rings (SSSR count). The summed E-state index contributed by atoms with van der Waals surface area (Å²) in [5.41, 5.74) is 1.70. The van der Waals surface area contributed by atoms with Gasteiger partial charge in [-0.05, 0) is 37.2 Å². The molecule has 0 radical (unpaired) electrons. The van der Waals surface area contributed by atoms with Crippen molar-refractivity contribution < 1.29 is 14.3 Å². The third-order valence-electron chi connectivity index (χ3n) is 3.78. The van der Waals surface area contributed by atoms with Crippen LogP contribution in [0.5, 0.6) is 0 Å². The molecular weight excluding hydrogens is 307 g/mol. The predicted octanol–water partition coefficient (Wildman–Crippen LogP) is 2.50. The van der Waals surface area contributed by atoms with E-state index in [0.29, 0.717) is 12.1 Å². The van der Waals surface area contributed by atoms with Crippen LogP contribution in [0.1, 0.15) is 24.2 Å². The third-order valence-corrected chi connectivity index (χ3v) is 3.78. The van der Waals surface area contributed by atoms with Crippen LogP contribution in [0.3, 0.4) is 0 Å². The number of carbonyl (C=O) groups is 1. The summed E-state index contributed by atoms with van der Waals surface area (Å²) in [5.74, 6) is -0.521. The van der Waals surface area contributed by atoms with E-state index in [9.17, 15) is 14.3 Å². The summed E-state index contributed by atoms with van der Waals surface area (Å²) in [5, 5.41) is 13.0. The van der Waals surface area contributed by atoms with Crippen molar-refractivity contribution >= 4 is 5.91 Å². The number of nitrogens with one attached hydrogen (secondary N) is 1. The van der Waals surface area contributed by atoms with E-state index >= 15 is 0 Å². The Balaban J connectivity index is 1.83. The number of hydrogen-bond acceptors (Lipinski definition) is 3. The molecule has 0 fully saturated rings. The molecule has 0 aliphatic carbocycles. The molecule has 5 heteroatoms. The Labute approximate surface area is 141 Å². The van der Waals surface area contributed by atoms with Crippen molar-refractivity contribution in [2.45, 2.75) is 25.6 Å². The monoisotopic (exact) mass is 330 g/mol. The highest BCUT2D eigenvalue weighted by Gasteiger charge is 2.19. The molecule has 0 saturated heterocycles. The minimum absolute atomic E-state index is 0.165. The summed E-state index contributed by atoms with van der Waals surface area (Å²) >= 11 is 0. The highest BCUT2D eigenvalue weighted by molar-refractivity contribution is 5.78. The number of halogens is 1. The summed E-state index contributed by atoms with van der Waals surface area (Å²) in [4.78, 5) is 14.0. The first kappa shape index (κ1) is 18.1. The average molecular weight is 330 g/mol. The van der Waals surface area contributed by atoms with Gasteiger partial charge in [0.1, 0.15) is 5.82 Å². The first-order valence-corrected chi connectivity index (χ1v) is 7.91. The van der Waals surface area contributed by atoms with Crippen molar-refractivity contribution in [1.29, 1.82) is 0 Å². The Morgan fingerprint density at radius 1 is 1.17 bits per heavy atom. The number of benzene rings is 2. The van der Waals surface area contributed by atoms with Gasteiger partial charge < -0.3 is 10.4 Å². The quantitative estimate of drug-likeness (QED) is 0.820. The second-order valence-electron chi connectivity index (χ2n) is 6.01. The van der Waals surface area contributed by atoms with Crippen LogP contribution in [0.25, 0.3) is 0 Å². The van der Waals surface area contributed by atoms with Gasteiger partial charge in [0, 0.05) is 6.54 Å². The highest BCUT2D eigenvalue weighted by atomic mass is 19.1. The van der Waals surface area contributed by atoms with Gasteiger partial charge in [0.2, 0.25) is 5.91 Å². The van der Waals surface area contributed by atoms with Crippen LogP contribution >= 0.6 is 0 Å². The summed E-state index contributed by atoms with van der Waals surface area (Å²) < 4.78 is 12.9. The Morgan fingerprint density at radius 3 is 2.42 bits per heavy atom. The third kappa shape index (κ3) is 5.44. The lowest BCUT2D eigenvalue weighted by Gasteiger charge is -2.22. The van der Waals surface area contributed by atoms with Gasteiger partial charge >= 0.3 is 0 Å². The van der Waals surface area contributed by atoms with Gasteiger partial charge in [0.25, 0.3) is 0 Å². The van der Waals surface area contributed by atoms with Crippen molar-refractivity contribution in [2.24, 2.45) is 0 Å². The van der Waals surface area contributed by atoms with E-state index < -0.39 is 12.1 Å². The minimum Gasteiger partial charge on any atom is -0.386 e. The maximum Gasteiger partial charge on any atom is 0.234 e. The Bertz CT molecular complexity index is 646. The second-order valence-corrected chi connectivity index (χ2v) is 6.01. The maximum absolute atomic E-state index is 12.9. The SMILES string of the molecule is CC(NC(=O)CN(C)Cc1ccccc1)C(O)c1ccc(F)cc1. The van der Waals surface area contributed by atoms with Gasteiger partial charge in [0.15, 0.2) is 0 Å². The summed E-state index contributed by atoms with van der Waals surface area (Å²) in [6.07, 6.45) is -0.881. The van der Waals surface area contributed by atoms with Crippen molar-refractivity contribution in [2.75, 3.05) is 13.6 Å². The van der Waals surface area contributed by atoms with Crippen LogP contribution in [-0.4, -0.2) is 35.5 Å². The fourth-order valence-corrected chi connectivity index (χ4v) is 2.52. The normalized spacial score (nSPS) is 13.5. The van der Waals surface area contributed by atoms with E-state index in [4.69, 9.17) is 0 Å². The summed E-state index contributed by atoms with van der Waals surface area (Å²) in [6, 6.07) is 15.1. The number of carbonyl (C=O) groups excluding carboxylic acids is 1. The molecule has 2 aromatic carbocycles. The molecular formula is C19H23FN2O2. The maximum atomic E-state index is 12.9. The Hall–Kier alpha value is -2.24. The van der Waals surface area contributed by atoms with Crippen molar-refractivity contribution in [3.63, 3.8) is 0 Å². The number of aliphatic hydroxyl groups excluding tert-OH is 1. The fraction of sp³-hybridized carbons (Fsp3) is 0.316. The molecule has 0 aliphatic heterocycles. The van der Waals surface area contributed by atoms with E-state index in [2.05, 4.69) is 5.32 Å². The number of nitrogens with zero attached hydrogens (tertiary/aromatic N) is 1. The topological polar surface area (TPSA) is 52.6 Å². The largest absolute Gasteiger partial charge is 0.386 e. The average Bonchev–Trinajstić information content (AvgIpc) is 2.55. The number of amides is 1. The molecule has 128 valence electrons. The number of hydrogen-bond donors (Lipinski definition) is 2. The molecule has 0 saturated carbocycles. The first-order valence-electron chi connectivity index (χ1n) is 7.91. The molecule has 0 bridgehead atoms. The predicted molar refractivity (Wildman–Crippen MR) is 91.7 cm³/mol. The van der Waals surface area contributed by atoms with Crippen LogP contribution in [0.15, 0.2) is 54.6 Å². The smallest absolute Gasteiger partial charge is 0.234 e. The molecule has 24 heavy (non-hydrogen) atoms. The van der Waals surface area contributed by atoms with E-state index in [1.165, 1.54) is 24.3 Å². The molecule has 0 heterocycles. The molecule has 2 unspecified atom stereocenters. The van der Waals surface area contributed by atoms with Crippen molar-refractivity contribution in [3.05, 3.63) is 71.5 Å². The molecule has 2 N–H and O–H groups in total. The standard InChI is InChI=1S/C19H23FN2O2/c1-14(19(24)16-8-10-17(20)11-9-16)21-18(23)13-22(2)12-15-6-4-3-5-7-15/h3-11,14,19,24H,12-13H2,1-2H3,(H,21,23). The lowest BCUT2D eigenvalue weighted by atomic mass is 10.0. The van der Waals surface area contributed by atoms with E-state index in [1.807, 2.05) is 42.3 Å². The molecule has 1 amide bonds. The zero-order chi connectivity index (χ0) is 17.5. The molecule has 0 spiro atoms.